The molecule has 9 heteroatoms. The second-order valence-corrected chi connectivity index (χ2v) is 8.28. The number of amides is 1. The van der Waals surface area contributed by atoms with Crippen molar-refractivity contribution in [2.45, 2.75) is 25.9 Å². The number of nitrogens with zero attached hydrogens (tertiary/aromatic N) is 2. The van der Waals surface area contributed by atoms with Crippen molar-refractivity contribution < 1.29 is 9.53 Å². The number of piperazine rings is 2. The van der Waals surface area contributed by atoms with Gasteiger partial charge in [-0.25, -0.2) is 0 Å². The lowest BCUT2D eigenvalue weighted by Gasteiger charge is -2.29. The van der Waals surface area contributed by atoms with Crippen LogP contribution in [0.4, 0.5) is 5.69 Å². The van der Waals surface area contributed by atoms with Crippen LogP contribution in [0.15, 0.2) is 18.2 Å². The fraction of sp³-hybridized carbons (Fsp3) is 0.667. The van der Waals surface area contributed by atoms with Crippen LogP contribution in [-0.4, -0.2) is 82.4 Å². The standard InChI is InChI=1S/C10H12Cl2N2.C6H12N2O.C5H11NO/c11-9-2-1-8(7-10(9)12)14-5-3-13-4-6-14;1-6(9)8-4-2-7-3-5-8;6-4-5-2-1-3-7-5/h1-2,7,13H,3-6H2;7H,2-5H2,1H3;5H,1-4,6H2. The first-order valence-corrected chi connectivity index (χ1v) is 11.5. The molecule has 4 N–H and O–H groups in total. The molecule has 0 saturated carbocycles. The zero-order valence-corrected chi connectivity index (χ0v) is 19.4. The second-order valence-electron chi connectivity index (χ2n) is 7.46. The van der Waals surface area contributed by atoms with E-state index in [0.717, 1.165) is 71.1 Å². The SMILES string of the molecule is CC(=O)N1CCNCC1.Clc1ccc(N2CCNCC2)cc1Cl.NCC1CCCO1. The highest BCUT2D eigenvalue weighted by Gasteiger charge is 2.12. The van der Waals surface area contributed by atoms with Crippen molar-refractivity contribution in [3.63, 3.8) is 0 Å². The summed E-state index contributed by atoms with van der Waals surface area (Å²) in [7, 11) is 0. The third-order valence-corrected chi connectivity index (χ3v) is 5.97. The van der Waals surface area contributed by atoms with Gasteiger partial charge in [0.15, 0.2) is 0 Å². The van der Waals surface area contributed by atoms with E-state index in [-0.39, 0.29) is 5.91 Å². The van der Waals surface area contributed by atoms with Gasteiger partial charge in [-0.15, -0.1) is 0 Å². The molecular weight excluding hydrogens is 425 g/mol. The van der Waals surface area contributed by atoms with Crippen molar-refractivity contribution in [2.24, 2.45) is 5.73 Å². The zero-order valence-electron chi connectivity index (χ0n) is 17.8. The minimum absolute atomic E-state index is 0.191. The van der Waals surface area contributed by atoms with Crippen LogP contribution in [0.25, 0.3) is 0 Å². The number of carbonyl (C=O) groups excluding carboxylic acids is 1. The summed E-state index contributed by atoms with van der Waals surface area (Å²) in [6.07, 6.45) is 2.73. The molecule has 1 amide bonds. The van der Waals surface area contributed by atoms with Gasteiger partial charge < -0.3 is 30.9 Å². The molecule has 170 valence electrons. The molecule has 1 aromatic carbocycles. The van der Waals surface area contributed by atoms with Crippen LogP contribution >= 0.6 is 23.2 Å². The molecule has 30 heavy (non-hydrogen) atoms. The molecule has 0 aromatic heterocycles. The minimum Gasteiger partial charge on any atom is -0.377 e. The van der Waals surface area contributed by atoms with Crippen LogP contribution < -0.4 is 21.3 Å². The van der Waals surface area contributed by atoms with Crippen LogP contribution in [0.1, 0.15) is 19.8 Å². The predicted octanol–water partition coefficient (Wildman–Crippen LogP) is 1.97. The second kappa shape index (κ2) is 14.1. The lowest BCUT2D eigenvalue weighted by molar-refractivity contribution is -0.129. The predicted molar refractivity (Wildman–Crippen MR) is 125 cm³/mol. The number of benzene rings is 1. The Labute approximate surface area is 190 Å². The van der Waals surface area contributed by atoms with Crippen LogP contribution in [0.5, 0.6) is 0 Å². The van der Waals surface area contributed by atoms with E-state index in [9.17, 15) is 4.79 Å². The van der Waals surface area contributed by atoms with Crippen LogP contribution in [0, 0.1) is 0 Å². The summed E-state index contributed by atoms with van der Waals surface area (Å²) in [4.78, 5) is 14.9. The Morgan fingerprint density at radius 2 is 1.73 bits per heavy atom. The lowest BCUT2D eigenvalue weighted by Crippen LogP contribution is -2.45. The van der Waals surface area contributed by atoms with E-state index in [1.807, 2.05) is 23.1 Å². The number of hydrogen-bond acceptors (Lipinski definition) is 6. The molecule has 3 heterocycles. The Morgan fingerprint density at radius 1 is 1.10 bits per heavy atom. The number of halogens is 2. The highest BCUT2D eigenvalue weighted by atomic mass is 35.5. The molecule has 1 aromatic rings. The summed E-state index contributed by atoms with van der Waals surface area (Å²) in [6, 6.07) is 5.79. The Morgan fingerprint density at radius 3 is 2.17 bits per heavy atom. The van der Waals surface area contributed by atoms with Gasteiger partial charge in [-0.2, -0.15) is 0 Å². The topological polar surface area (TPSA) is 82.9 Å². The Balaban J connectivity index is 0.000000173. The van der Waals surface area contributed by atoms with Crippen molar-refractivity contribution >= 4 is 34.8 Å². The molecule has 1 unspecified atom stereocenters. The lowest BCUT2D eigenvalue weighted by atomic mass is 10.2. The Bertz CT molecular complexity index is 632. The van der Waals surface area contributed by atoms with E-state index in [1.165, 1.54) is 6.42 Å². The quantitative estimate of drug-likeness (QED) is 0.626. The Kier molecular flexibility index (Phi) is 11.8. The average Bonchev–Trinajstić information content (AvgIpc) is 3.32. The van der Waals surface area contributed by atoms with Gasteiger partial charge in [-0.3, -0.25) is 4.79 Å². The first kappa shape index (κ1) is 25.2. The number of anilines is 1. The van der Waals surface area contributed by atoms with Crippen molar-refractivity contribution in [1.29, 1.82) is 0 Å². The highest BCUT2D eigenvalue weighted by molar-refractivity contribution is 6.42. The number of nitrogens with one attached hydrogen (secondary N) is 2. The summed E-state index contributed by atoms with van der Waals surface area (Å²) in [5.74, 6) is 0.191. The van der Waals surface area contributed by atoms with Crippen molar-refractivity contribution in [1.82, 2.24) is 15.5 Å². The number of hydrogen-bond donors (Lipinski definition) is 3. The zero-order chi connectivity index (χ0) is 21.8. The maximum absolute atomic E-state index is 10.7. The molecule has 3 saturated heterocycles. The molecule has 3 aliphatic rings. The van der Waals surface area contributed by atoms with Gasteiger partial charge in [0.2, 0.25) is 5.91 Å². The monoisotopic (exact) mass is 459 g/mol. The van der Waals surface area contributed by atoms with Gasteiger partial charge in [0.1, 0.15) is 0 Å². The molecule has 0 bridgehead atoms. The van der Waals surface area contributed by atoms with Crippen LogP contribution in [-0.2, 0) is 9.53 Å². The van der Waals surface area contributed by atoms with Gasteiger partial charge in [0.25, 0.3) is 0 Å². The normalized spacial score (nSPS) is 21.3. The Hall–Kier alpha value is -1.09. The molecule has 1 atom stereocenters. The molecular formula is C21H35Cl2N5O2. The van der Waals surface area contributed by atoms with E-state index in [2.05, 4.69) is 15.5 Å². The fourth-order valence-electron chi connectivity index (χ4n) is 3.41. The number of ether oxygens (including phenoxy) is 1. The number of rotatable bonds is 2. The average molecular weight is 460 g/mol. The van der Waals surface area contributed by atoms with Gasteiger partial charge >= 0.3 is 0 Å². The van der Waals surface area contributed by atoms with Gasteiger partial charge in [-0.1, -0.05) is 23.2 Å². The molecule has 3 fully saturated rings. The molecule has 0 radical (unpaired) electrons. The number of nitrogens with two attached hydrogens (primary N) is 1. The van der Waals surface area contributed by atoms with Gasteiger partial charge in [0.05, 0.1) is 16.1 Å². The van der Waals surface area contributed by atoms with Crippen molar-refractivity contribution in [2.75, 3.05) is 70.4 Å². The van der Waals surface area contributed by atoms with Gasteiger partial charge in [-0.05, 0) is 31.0 Å². The molecule has 0 aliphatic carbocycles. The van der Waals surface area contributed by atoms with E-state index < -0.39 is 0 Å². The molecule has 4 rings (SSSR count). The van der Waals surface area contributed by atoms with E-state index in [0.29, 0.717) is 22.7 Å². The van der Waals surface area contributed by atoms with Crippen molar-refractivity contribution in [3.05, 3.63) is 28.2 Å². The summed E-state index contributed by atoms with van der Waals surface area (Å²) >= 11 is 11.8. The minimum atomic E-state index is 0.191. The third kappa shape index (κ3) is 8.96. The maximum Gasteiger partial charge on any atom is 0.219 e. The van der Waals surface area contributed by atoms with Gasteiger partial charge in [0, 0.05) is 78.1 Å². The van der Waals surface area contributed by atoms with Crippen molar-refractivity contribution in [3.8, 4) is 0 Å². The van der Waals surface area contributed by atoms with Crippen LogP contribution in [0.3, 0.4) is 0 Å². The first-order valence-electron chi connectivity index (χ1n) is 10.7. The molecule has 3 aliphatic heterocycles. The highest BCUT2D eigenvalue weighted by Crippen LogP contribution is 2.27. The van der Waals surface area contributed by atoms with E-state index in [4.69, 9.17) is 33.7 Å². The maximum atomic E-state index is 10.7. The van der Waals surface area contributed by atoms with E-state index in [1.54, 1.807) is 6.92 Å². The smallest absolute Gasteiger partial charge is 0.219 e. The molecule has 7 nitrogen and oxygen atoms in total. The fourth-order valence-corrected chi connectivity index (χ4v) is 3.71. The summed E-state index contributed by atoms with van der Waals surface area (Å²) in [6.45, 7) is 11.0. The summed E-state index contributed by atoms with van der Waals surface area (Å²) in [5.41, 5.74) is 6.46. The summed E-state index contributed by atoms with van der Waals surface area (Å²) < 4.78 is 5.18. The first-order chi connectivity index (χ1) is 14.5. The van der Waals surface area contributed by atoms with E-state index >= 15 is 0 Å². The number of carbonyl (C=O) groups is 1. The molecule has 0 spiro atoms. The summed E-state index contributed by atoms with van der Waals surface area (Å²) in [5, 5.41) is 7.73. The van der Waals surface area contributed by atoms with Crippen LogP contribution in [0.2, 0.25) is 10.0 Å². The largest absolute Gasteiger partial charge is 0.377 e. The third-order valence-electron chi connectivity index (χ3n) is 5.23.